The predicted molar refractivity (Wildman–Crippen MR) is 84.4 cm³/mol. The molecule has 0 aliphatic rings. The van der Waals surface area contributed by atoms with Crippen molar-refractivity contribution in [2.24, 2.45) is 0 Å². The molecule has 3 aromatic rings. The highest BCUT2D eigenvalue weighted by Crippen LogP contribution is 2.25. The molecule has 1 aromatic heterocycles. The van der Waals surface area contributed by atoms with Gasteiger partial charge in [-0.3, -0.25) is 0 Å². The molecule has 0 spiro atoms. The summed E-state index contributed by atoms with van der Waals surface area (Å²) in [6.07, 6.45) is 4.05. The second kappa shape index (κ2) is 5.67. The molecule has 3 nitrogen and oxygen atoms in total. The first-order valence-corrected chi connectivity index (χ1v) is 6.61. The van der Waals surface area contributed by atoms with Crippen LogP contribution in [0.2, 0.25) is 0 Å². The monoisotopic (exact) mass is 278 g/mol. The van der Waals surface area contributed by atoms with Gasteiger partial charge in [-0.25, -0.2) is 4.79 Å². The minimum Gasteiger partial charge on any atom is -0.496 e. The number of fused-ring (bicyclic) bond motifs is 1. The molecule has 3 heteroatoms. The Hall–Kier alpha value is -2.81. The number of methoxy groups -OCH3 is 1. The van der Waals surface area contributed by atoms with Crippen LogP contribution in [0.1, 0.15) is 11.1 Å². The minimum absolute atomic E-state index is 0.410. The van der Waals surface area contributed by atoms with Gasteiger partial charge in [0.25, 0.3) is 0 Å². The zero-order valence-corrected chi connectivity index (χ0v) is 11.6. The first-order valence-electron chi connectivity index (χ1n) is 6.61. The SMILES string of the molecule is COc1cc(=O)oc2ccc(/C=C\c3ccccc3)cc12. The van der Waals surface area contributed by atoms with E-state index in [1.54, 1.807) is 13.2 Å². The van der Waals surface area contributed by atoms with E-state index in [-0.39, 0.29) is 0 Å². The molecule has 104 valence electrons. The van der Waals surface area contributed by atoms with Crippen molar-refractivity contribution in [1.82, 2.24) is 0 Å². The summed E-state index contributed by atoms with van der Waals surface area (Å²) in [4.78, 5) is 11.4. The zero-order chi connectivity index (χ0) is 14.7. The Morgan fingerprint density at radius 1 is 0.952 bits per heavy atom. The lowest BCUT2D eigenvalue weighted by molar-refractivity contribution is 0.413. The van der Waals surface area contributed by atoms with Crippen LogP contribution in [0.25, 0.3) is 23.1 Å². The predicted octanol–water partition coefficient (Wildman–Crippen LogP) is 3.97. The van der Waals surface area contributed by atoms with Crippen molar-refractivity contribution in [3.63, 3.8) is 0 Å². The molecular formula is C18H14O3. The fourth-order valence-corrected chi connectivity index (χ4v) is 2.18. The normalized spacial score (nSPS) is 11.1. The van der Waals surface area contributed by atoms with E-state index >= 15 is 0 Å². The molecule has 2 aromatic carbocycles. The van der Waals surface area contributed by atoms with Crippen molar-refractivity contribution in [3.05, 3.63) is 76.1 Å². The maximum Gasteiger partial charge on any atom is 0.339 e. The van der Waals surface area contributed by atoms with E-state index in [0.29, 0.717) is 11.3 Å². The smallest absolute Gasteiger partial charge is 0.339 e. The van der Waals surface area contributed by atoms with Crippen LogP contribution in [-0.4, -0.2) is 7.11 Å². The van der Waals surface area contributed by atoms with Crippen molar-refractivity contribution in [2.45, 2.75) is 0 Å². The average molecular weight is 278 g/mol. The van der Waals surface area contributed by atoms with Gasteiger partial charge in [0, 0.05) is 0 Å². The largest absolute Gasteiger partial charge is 0.496 e. The van der Waals surface area contributed by atoms with E-state index in [9.17, 15) is 4.79 Å². The van der Waals surface area contributed by atoms with E-state index in [1.807, 2.05) is 54.6 Å². The van der Waals surface area contributed by atoms with Crippen molar-refractivity contribution in [1.29, 1.82) is 0 Å². The summed E-state index contributed by atoms with van der Waals surface area (Å²) in [6, 6.07) is 17.0. The van der Waals surface area contributed by atoms with E-state index in [1.165, 1.54) is 6.07 Å². The van der Waals surface area contributed by atoms with Crippen molar-refractivity contribution in [3.8, 4) is 5.75 Å². The number of rotatable bonds is 3. The van der Waals surface area contributed by atoms with Gasteiger partial charge in [-0.1, -0.05) is 48.6 Å². The van der Waals surface area contributed by atoms with Crippen LogP contribution < -0.4 is 10.4 Å². The van der Waals surface area contributed by atoms with Crippen LogP contribution in [0.15, 0.2) is 63.8 Å². The van der Waals surface area contributed by atoms with Gasteiger partial charge in [-0.15, -0.1) is 0 Å². The van der Waals surface area contributed by atoms with Gasteiger partial charge in [0.1, 0.15) is 11.3 Å². The summed E-state index contributed by atoms with van der Waals surface area (Å²) < 4.78 is 10.4. The van der Waals surface area contributed by atoms with Crippen LogP contribution in [0, 0.1) is 0 Å². The van der Waals surface area contributed by atoms with Gasteiger partial charge in [-0.05, 0) is 23.3 Å². The Morgan fingerprint density at radius 3 is 2.48 bits per heavy atom. The summed E-state index contributed by atoms with van der Waals surface area (Å²) in [6.45, 7) is 0. The van der Waals surface area contributed by atoms with Crippen LogP contribution in [-0.2, 0) is 0 Å². The molecule has 1 heterocycles. The second-order valence-electron chi connectivity index (χ2n) is 4.63. The molecule has 0 atom stereocenters. The Labute approximate surface area is 122 Å². The van der Waals surface area contributed by atoms with Gasteiger partial charge in [0.15, 0.2) is 0 Å². The molecule has 0 fully saturated rings. The fourth-order valence-electron chi connectivity index (χ4n) is 2.18. The van der Waals surface area contributed by atoms with Gasteiger partial charge in [-0.2, -0.15) is 0 Å². The van der Waals surface area contributed by atoms with Gasteiger partial charge in [0.05, 0.1) is 18.6 Å². The number of benzene rings is 2. The summed E-state index contributed by atoms with van der Waals surface area (Å²) >= 11 is 0. The maximum absolute atomic E-state index is 11.4. The number of ether oxygens (including phenoxy) is 1. The van der Waals surface area contributed by atoms with Crippen LogP contribution >= 0.6 is 0 Å². The minimum atomic E-state index is -0.410. The van der Waals surface area contributed by atoms with Crippen molar-refractivity contribution < 1.29 is 9.15 Å². The van der Waals surface area contributed by atoms with Crippen LogP contribution in [0.5, 0.6) is 5.75 Å². The highest BCUT2D eigenvalue weighted by molar-refractivity contribution is 5.86. The molecule has 0 saturated heterocycles. The molecule has 3 rings (SSSR count). The average Bonchev–Trinajstić information content (AvgIpc) is 2.53. The Bertz CT molecular complexity index is 845. The summed E-state index contributed by atoms with van der Waals surface area (Å²) in [5, 5.41) is 0.785. The summed E-state index contributed by atoms with van der Waals surface area (Å²) in [5.41, 5.74) is 2.26. The van der Waals surface area contributed by atoms with Crippen LogP contribution in [0.4, 0.5) is 0 Å². The summed E-state index contributed by atoms with van der Waals surface area (Å²) in [5.74, 6) is 0.524. The van der Waals surface area contributed by atoms with Gasteiger partial charge in [0.2, 0.25) is 0 Å². The number of hydrogen-bond donors (Lipinski definition) is 0. The fraction of sp³-hybridized carbons (Fsp3) is 0.0556. The Kier molecular flexibility index (Phi) is 3.56. The van der Waals surface area contributed by atoms with E-state index < -0.39 is 5.63 Å². The van der Waals surface area contributed by atoms with Gasteiger partial charge >= 0.3 is 5.63 Å². The zero-order valence-electron chi connectivity index (χ0n) is 11.6. The van der Waals surface area contributed by atoms with E-state index in [4.69, 9.17) is 9.15 Å². The van der Waals surface area contributed by atoms with E-state index in [2.05, 4.69) is 0 Å². The molecule has 0 aliphatic carbocycles. The quantitative estimate of drug-likeness (QED) is 0.537. The molecule has 0 radical (unpaired) electrons. The topological polar surface area (TPSA) is 39.4 Å². The second-order valence-corrected chi connectivity index (χ2v) is 4.63. The molecular weight excluding hydrogens is 264 g/mol. The highest BCUT2D eigenvalue weighted by atomic mass is 16.5. The molecule has 0 N–H and O–H groups in total. The molecule has 21 heavy (non-hydrogen) atoms. The molecule has 0 saturated carbocycles. The van der Waals surface area contributed by atoms with E-state index in [0.717, 1.165) is 16.5 Å². The maximum atomic E-state index is 11.4. The third-order valence-corrected chi connectivity index (χ3v) is 3.22. The Morgan fingerprint density at radius 2 is 1.71 bits per heavy atom. The molecule has 0 unspecified atom stereocenters. The molecule has 0 amide bonds. The first kappa shape index (κ1) is 13.2. The molecule has 0 aliphatic heterocycles. The molecule has 0 bridgehead atoms. The lowest BCUT2D eigenvalue weighted by Gasteiger charge is -2.04. The standard InChI is InChI=1S/C18H14O3/c1-20-17-12-18(19)21-16-10-9-14(11-15(16)17)8-7-13-5-3-2-4-6-13/h2-12H,1H3/b8-7-. The van der Waals surface area contributed by atoms with Crippen LogP contribution in [0.3, 0.4) is 0 Å². The lowest BCUT2D eigenvalue weighted by atomic mass is 10.1. The van der Waals surface area contributed by atoms with Crippen molar-refractivity contribution >= 4 is 23.1 Å². The summed E-state index contributed by atoms with van der Waals surface area (Å²) in [7, 11) is 1.54. The highest BCUT2D eigenvalue weighted by Gasteiger charge is 2.05. The van der Waals surface area contributed by atoms with Gasteiger partial charge < -0.3 is 9.15 Å². The van der Waals surface area contributed by atoms with Crippen molar-refractivity contribution in [2.75, 3.05) is 7.11 Å². The third kappa shape index (κ3) is 2.87. The third-order valence-electron chi connectivity index (χ3n) is 3.22. The lowest BCUT2D eigenvalue weighted by Crippen LogP contribution is -1.98. The first-order chi connectivity index (χ1) is 10.3. The Balaban J connectivity index is 2.03. The number of hydrogen-bond acceptors (Lipinski definition) is 3.